The highest BCUT2D eigenvalue weighted by molar-refractivity contribution is 8.01. The Bertz CT molecular complexity index is 666. The van der Waals surface area contributed by atoms with E-state index >= 15 is 0 Å². The highest BCUT2D eigenvalue weighted by atomic mass is 32.2. The molecule has 126 valence electrons. The number of hydrogen-bond acceptors (Lipinski definition) is 4. The Hall–Kier alpha value is -1.79. The number of benzene rings is 1. The lowest BCUT2D eigenvalue weighted by atomic mass is 10.0. The normalized spacial score (nSPS) is 15.2. The van der Waals surface area contributed by atoms with Crippen LogP contribution in [0.4, 0.5) is 0 Å². The molecule has 1 aliphatic heterocycles. The molecule has 2 heterocycles. The third kappa shape index (κ3) is 4.61. The van der Waals surface area contributed by atoms with Gasteiger partial charge in [-0.1, -0.05) is 24.3 Å². The van der Waals surface area contributed by atoms with E-state index in [9.17, 15) is 9.59 Å². The number of amides is 2. The lowest BCUT2D eigenvalue weighted by Crippen LogP contribution is -2.47. The van der Waals surface area contributed by atoms with Crippen molar-refractivity contribution >= 4 is 34.9 Å². The molecule has 0 bridgehead atoms. The minimum atomic E-state index is -0.0337. The summed E-state index contributed by atoms with van der Waals surface area (Å²) in [6, 6.07) is 13.4. The van der Waals surface area contributed by atoms with E-state index in [0.29, 0.717) is 24.4 Å². The third-order valence-electron chi connectivity index (χ3n) is 4.05. The summed E-state index contributed by atoms with van der Waals surface area (Å²) in [7, 11) is 0. The molecule has 0 saturated carbocycles. The fourth-order valence-electron chi connectivity index (χ4n) is 2.70. The van der Waals surface area contributed by atoms with Crippen molar-refractivity contribution in [1.29, 1.82) is 0 Å². The van der Waals surface area contributed by atoms with Crippen molar-refractivity contribution in [1.82, 2.24) is 10.2 Å². The van der Waals surface area contributed by atoms with Crippen LogP contribution in [-0.2, 0) is 4.79 Å². The topological polar surface area (TPSA) is 49.4 Å². The zero-order valence-electron chi connectivity index (χ0n) is 13.3. The fourth-order valence-corrected chi connectivity index (χ4v) is 4.39. The van der Waals surface area contributed by atoms with Crippen molar-refractivity contribution in [2.24, 2.45) is 0 Å². The van der Waals surface area contributed by atoms with E-state index in [1.54, 1.807) is 23.1 Å². The molecule has 1 saturated heterocycles. The van der Waals surface area contributed by atoms with Gasteiger partial charge in [0.05, 0.1) is 9.96 Å². The van der Waals surface area contributed by atoms with E-state index in [4.69, 9.17) is 0 Å². The molecular formula is C18H20N2O2S2. The monoisotopic (exact) mass is 360 g/mol. The van der Waals surface area contributed by atoms with Crippen molar-refractivity contribution in [2.75, 3.05) is 18.8 Å². The highest BCUT2D eigenvalue weighted by Crippen LogP contribution is 2.24. The van der Waals surface area contributed by atoms with Crippen molar-refractivity contribution in [3.8, 4) is 0 Å². The molecule has 2 aromatic rings. The molecule has 4 nitrogen and oxygen atoms in total. The Balaban J connectivity index is 1.42. The number of nitrogens with one attached hydrogen (secondary N) is 1. The van der Waals surface area contributed by atoms with Gasteiger partial charge in [0.25, 0.3) is 5.91 Å². The average Bonchev–Trinajstić information content (AvgIpc) is 3.14. The Kier molecular flexibility index (Phi) is 5.93. The number of rotatable bonds is 5. The summed E-state index contributed by atoms with van der Waals surface area (Å²) in [4.78, 5) is 26.3. The van der Waals surface area contributed by atoms with Gasteiger partial charge >= 0.3 is 0 Å². The molecular weight excluding hydrogens is 340 g/mol. The highest BCUT2D eigenvalue weighted by Gasteiger charge is 2.24. The SMILES string of the molecule is O=C(NC1CCN(C(=O)CSc2cccs2)CC1)c1ccccc1. The maximum absolute atomic E-state index is 12.3. The van der Waals surface area contributed by atoms with Gasteiger partial charge in [-0.2, -0.15) is 0 Å². The van der Waals surface area contributed by atoms with Gasteiger partial charge in [0.2, 0.25) is 5.91 Å². The van der Waals surface area contributed by atoms with Crippen molar-refractivity contribution in [3.63, 3.8) is 0 Å². The van der Waals surface area contributed by atoms with Crippen molar-refractivity contribution in [2.45, 2.75) is 23.1 Å². The Morgan fingerprint density at radius 2 is 1.88 bits per heavy atom. The maximum atomic E-state index is 12.3. The first-order valence-corrected chi connectivity index (χ1v) is 9.89. The molecule has 0 radical (unpaired) electrons. The average molecular weight is 361 g/mol. The molecule has 0 spiro atoms. The van der Waals surface area contributed by atoms with Gasteiger partial charge in [0, 0.05) is 24.7 Å². The van der Waals surface area contributed by atoms with Crippen molar-refractivity contribution < 1.29 is 9.59 Å². The number of thiophene rings is 1. The Morgan fingerprint density at radius 1 is 1.12 bits per heavy atom. The lowest BCUT2D eigenvalue weighted by molar-refractivity contribution is -0.129. The maximum Gasteiger partial charge on any atom is 0.251 e. The van der Waals surface area contributed by atoms with Crippen LogP contribution in [-0.4, -0.2) is 41.6 Å². The zero-order valence-corrected chi connectivity index (χ0v) is 14.9. The summed E-state index contributed by atoms with van der Waals surface area (Å²) in [6.45, 7) is 1.42. The van der Waals surface area contributed by atoms with Gasteiger partial charge in [-0.3, -0.25) is 9.59 Å². The molecule has 1 aliphatic rings. The van der Waals surface area contributed by atoms with Gasteiger partial charge in [0.1, 0.15) is 0 Å². The largest absolute Gasteiger partial charge is 0.349 e. The number of carbonyl (C=O) groups excluding carboxylic acids is 2. The molecule has 3 rings (SSSR count). The van der Waals surface area contributed by atoms with Crippen LogP contribution in [0.3, 0.4) is 0 Å². The predicted octanol–water partition coefficient (Wildman–Crippen LogP) is 3.26. The molecule has 24 heavy (non-hydrogen) atoms. The van der Waals surface area contributed by atoms with Gasteiger partial charge in [-0.05, 0) is 36.4 Å². The van der Waals surface area contributed by atoms with Gasteiger partial charge < -0.3 is 10.2 Å². The summed E-state index contributed by atoms with van der Waals surface area (Å²) in [5, 5.41) is 5.09. The molecule has 1 fully saturated rings. The van der Waals surface area contributed by atoms with Gasteiger partial charge in [0.15, 0.2) is 0 Å². The summed E-state index contributed by atoms with van der Waals surface area (Å²) < 4.78 is 1.17. The molecule has 6 heteroatoms. The first-order chi connectivity index (χ1) is 11.7. The lowest BCUT2D eigenvalue weighted by Gasteiger charge is -2.32. The van der Waals surface area contributed by atoms with Crippen LogP contribution in [0.5, 0.6) is 0 Å². The van der Waals surface area contributed by atoms with Gasteiger partial charge in [-0.15, -0.1) is 23.1 Å². The number of thioether (sulfide) groups is 1. The molecule has 1 N–H and O–H groups in total. The van der Waals surface area contributed by atoms with E-state index in [0.717, 1.165) is 12.8 Å². The second kappa shape index (κ2) is 8.35. The third-order valence-corrected chi connectivity index (χ3v) is 6.17. The molecule has 1 aromatic heterocycles. The predicted molar refractivity (Wildman–Crippen MR) is 98.6 cm³/mol. The second-order valence-electron chi connectivity index (χ2n) is 5.72. The van der Waals surface area contributed by atoms with E-state index in [1.807, 2.05) is 52.7 Å². The molecule has 0 atom stereocenters. The van der Waals surface area contributed by atoms with E-state index in [2.05, 4.69) is 5.32 Å². The smallest absolute Gasteiger partial charge is 0.251 e. The van der Waals surface area contributed by atoms with Crippen LogP contribution >= 0.6 is 23.1 Å². The summed E-state index contributed by atoms with van der Waals surface area (Å²) in [5.41, 5.74) is 0.684. The quantitative estimate of drug-likeness (QED) is 0.833. The molecule has 1 aromatic carbocycles. The van der Waals surface area contributed by atoms with Crippen LogP contribution in [0.25, 0.3) is 0 Å². The number of likely N-dealkylation sites (tertiary alicyclic amines) is 1. The van der Waals surface area contributed by atoms with E-state index < -0.39 is 0 Å². The summed E-state index contributed by atoms with van der Waals surface area (Å²) in [5.74, 6) is 0.636. The number of nitrogens with zero attached hydrogens (tertiary/aromatic N) is 1. The number of piperidine rings is 1. The minimum Gasteiger partial charge on any atom is -0.349 e. The zero-order chi connectivity index (χ0) is 16.8. The number of carbonyl (C=O) groups is 2. The first-order valence-electron chi connectivity index (χ1n) is 8.02. The first kappa shape index (κ1) is 17.0. The van der Waals surface area contributed by atoms with Crippen LogP contribution in [0, 0.1) is 0 Å². The standard InChI is InChI=1S/C18H20N2O2S2/c21-16(13-24-17-7-4-12-23-17)20-10-8-15(9-11-20)19-18(22)14-5-2-1-3-6-14/h1-7,12,15H,8-11,13H2,(H,19,22). The Labute approximate surface area is 150 Å². The summed E-state index contributed by atoms with van der Waals surface area (Å²) >= 11 is 3.26. The fraction of sp³-hybridized carbons (Fsp3) is 0.333. The summed E-state index contributed by atoms with van der Waals surface area (Å²) in [6.07, 6.45) is 1.63. The molecule has 2 amide bonds. The van der Waals surface area contributed by atoms with E-state index in [-0.39, 0.29) is 17.9 Å². The van der Waals surface area contributed by atoms with Gasteiger partial charge in [-0.25, -0.2) is 0 Å². The molecule has 0 unspecified atom stereocenters. The molecule has 0 aliphatic carbocycles. The van der Waals surface area contributed by atoms with Crippen LogP contribution in [0.1, 0.15) is 23.2 Å². The minimum absolute atomic E-state index is 0.0337. The van der Waals surface area contributed by atoms with Crippen LogP contribution in [0.15, 0.2) is 52.1 Å². The Morgan fingerprint density at radius 3 is 2.54 bits per heavy atom. The van der Waals surface area contributed by atoms with Crippen LogP contribution < -0.4 is 5.32 Å². The van der Waals surface area contributed by atoms with E-state index in [1.165, 1.54) is 4.21 Å². The van der Waals surface area contributed by atoms with Crippen molar-refractivity contribution in [3.05, 3.63) is 53.4 Å². The van der Waals surface area contributed by atoms with Crippen LogP contribution in [0.2, 0.25) is 0 Å². The number of hydrogen-bond donors (Lipinski definition) is 1. The second-order valence-corrected chi connectivity index (χ2v) is 7.94.